The molecule has 21 heavy (non-hydrogen) atoms. The Balaban J connectivity index is 1.78. The Labute approximate surface area is 126 Å². The van der Waals surface area contributed by atoms with Crippen LogP contribution in [0.15, 0.2) is 30.3 Å². The van der Waals surface area contributed by atoms with Gasteiger partial charge in [0, 0.05) is 39.0 Å². The number of ether oxygens (including phenoxy) is 1. The monoisotopic (exact) mass is 288 g/mol. The quantitative estimate of drug-likeness (QED) is 0.845. The summed E-state index contributed by atoms with van der Waals surface area (Å²) in [6.45, 7) is 2.31. The summed E-state index contributed by atoms with van der Waals surface area (Å²) >= 11 is 0. The second-order valence-corrected chi connectivity index (χ2v) is 5.65. The number of nitrogens with one attached hydrogen (secondary N) is 1. The van der Waals surface area contributed by atoms with Crippen molar-refractivity contribution in [2.45, 2.75) is 12.8 Å². The first-order valence-electron chi connectivity index (χ1n) is 7.46. The summed E-state index contributed by atoms with van der Waals surface area (Å²) in [5.74, 6) is 0.410. The molecule has 1 unspecified atom stereocenters. The van der Waals surface area contributed by atoms with E-state index in [-0.39, 0.29) is 5.91 Å². The highest BCUT2D eigenvalue weighted by atomic mass is 16.5. The summed E-state index contributed by atoms with van der Waals surface area (Å²) in [6.07, 6.45) is 5.66. The van der Waals surface area contributed by atoms with Crippen LogP contribution in [0, 0.1) is 5.92 Å². The van der Waals surface area contributed by atoms with Gasteiger partial charge in [-0.2, -0.15) is 0 Å². The van der Waals surface area contributed by atoms with Crippen LogP contribution in [0.4, 0.5) is 5.69 Å². The van der Waals surface area contributed by atoms with Crippen LogP contribution in [0.3, 0.4) is 0 Å². The first-order chi connectivity index (χ1) is 10.1. The van der Waals surface area contributed by atoms with E-state index in [2.05, 4.69) is 5.32 Å². The van der Waals surface area contributed by atoms with Crippen LogP contribution in [0.25, 0.3) is 6.08 Å². The second kappa shape index (κ2) is 7.84. The molecule has 0 radical (unpaired) electrons. The van der Waals surface area contributed by atoms with Crippen molar-refractivity contribution < 1.29 is 9.53 Å². The lowest BCUT2D eigenvalue weighted by atomic mass is 10.0. The molecular formula is C17H24N2O2. The second-order valence-electron chi connectivity index (χ2n) is 5.65. The molecule has 0 spiro atoms. The van der Waals surface area contributed by atoms with Crippen molar-refractivity contribution in [3.05, 3.63) is 35.9 Å². The summed E-state index contributed by atoms with van der Waals surface area (Å²) in [7, 11) is 4.01. The van der Waals surface area contributed by atoms with Crippen LogP contribution < -0.4 is 10.2 Å². The van der Waals surface area contributed by atoms with Crippen LogP contribution in [0.1, 0.15) is 18.4 Å². The zero-order valence-corrected chi connectivity index (χ0v) is 12.8. The minimum absolute atomic E-state index is 0.0442. The van der Waals surface area contributed by atoms with Gasteiger partial charge in [0.2, 0.25) is 5.91 Å². The van der Waals surface area contributed by atoms with E-state index in [0.717, 1.165) is 37.3 Å². The Morgan fingerprint density at radius 1 is 1.38 bits per heavy atom. The third kappa shape index (κ3) is 5.23. The molecule has 1 aliphatic rings. The first-order valence-corrected chi connectivity index (χ1v) is 7.46. The lowest BCUT2D eigenvalue weighted by Crippen LogP contribution is -2.32. The average molecular weight is 288 g/mol. The number of anilines is 1. The Morgan fingerprint density at radius 2 is 2.14 bits per heavy atom. The van der Waals surface area contributed by atoms with Crippen molar-refractivity contribution >= 4 is 17.7 Å². The Hall–Kier alpha value is -1.81. The maximum atomic E-state index is 11.8. The normalized spacial score (nSPS) is 18.7. The van der Waals surface area contributed by atoms with E-state index in [1.807, 2.05) is 49.3 Å². The van der Waals surface area contributed by atoms with Crippen LogP contribution in [0.5, 0.6) is 0 Å². The number of nitrogens with zero attached hydrogens (tertiary/aromatic N) is 1. The minimum Gasteiger partial charge on any atom is -0.381 e. The van der Waals surface area contributed by atoms with Crippen LogP contribution in [-0.2, 0) is 9.53 Å². The molecular weight excluding hydrogens is 264 g/mol. The fourth-order valence-corrected chi connectivity index (χ4v) is 2.33. The third-order valence-corrected chi connectivity index (χ3v) is 3.66. The molecule has 4 nitrogen and oxygen atoms in total. The lowest BCUT2D eigenvalue weighted by molar-refractivity contribution is -0.116. The van der Waals surface area contributed by atoms with E-state index >= 15 is 0 Å². The van der Waals surface area contributed by atoms with E-state index < -0.39 is 0 Å². The first kappa shape index (κ1) is 15.6. The van der Waals surface area contributed by atoms with Gasteiger partial charge in [-0.3, -0.25) is 4.79 Å². The van der Waals surface area contributed by atoms with Gasteiger partial charge in [-0.1, -0.05) is 12.1 Å². The molecule has 1 aromatic carbocycles. The van der Waals surface area contributed by atoms with Gasteiger partial charge in [0.15, 0.2) is 0 Å². The maximum absolute atomic E-state index is 11.8. The topological polar surface area (TPSA) is 41.6 Å². The SMILES string of the molecule is CN(C)c1ccc(C=CC(=O)NCC2CCCOC2)cc1. The van der Waals surface area contributed by atoms with Crippen molar-refractivity contribution in [2.75, 3.05) is 38.8 Å². The number of benzene rings is 1. The molecule has 1 saturated heterocycles. The number of hydrogen-bond donors (Lipinski definition) is 1. The summed E-state index contributed by atoms with van der Waals surface area (Å²) < 4.78 is 5.40. The van der Waals surface area contributed by atoms with Gasteiger partial charge in [0.25, 0.3) is 0 Å². The molecule has 0 bridgehead atoms. The molecule has 1 amide bonds. The van der Waals surface area contributed by atoms with Gasteiger partial charge in [0.05, 0.1) is 6.61 Å². The largest absolute Gasteiger partial charge is 0.381 e. The number of hydrogen-bond acceptors (Lipinski definition) is 3. The third-order valence-electron chi connectivity index (χ3n) is 3.66. The molecule has 1 heterocycles. The maximum Gasteiger partial charge on any atom is 0.244 e. The molecule has 1 aromatic rings. The fraction of sp³-hybridized carbons (Fsp3) is 0.471. The predicted octanol–water partition coefficient (Wildman–Crippen LogP) is 2.31. The van der Waals surface area contributed by atoms with Crippen LogP contribution >= 0.6 is 0 Å². The van der Waals surface area contributed by atoms with Gasteiger partial charge >= 0.3 is 0 Å². The van der Waals surface area contributed by atoms with Crippen molar-refractivity contribution in [1.82, 2.24) is 5.32 Å². The zero-order chi connectivity index (χ0) is 15.1. The highest BCUT2D eigenvalue weighted by Crippen LogP contribution is 2.13. The molecule has 114 valence electrons. The van der Waals surface area contributed by atoms with E-state index in [4.69, 9.17) is 4.74 Å². The Kier molecular flexibility index (Phi) is 5.81. The number of amides is 1. The number of carbonyl (C=O) groups excluding carboxylic acids is 1. The number of rotatable bonds is 5. The van der Waals surface area contributed by atoms with Gasteiger partial charge in [0.1, 0.15) is 0 Å². The van der Waals surface area contributed by atoms with Crippen molar-refractivity contribution in [2.24, 2.45) is 5.92 Å². The summed E-state index contributed by atoms with van der Waals surface area (Å²) in [4.78, 5) is 13.8. The van der Waals surface area contributed by atoms with Gasteiger partial charge in [-0.05, 0) is 42.5 Å². The highest BCUT2D eigenvalue weighted by molar-refractivity contribution is 5.91. The smallest absolute Gasteiger partial charge is 0.244 e. The number of carbonyl (C=O) groups is 1. The average Bonchev–Trinajstić information content (AvgIpc) is 2.52. The summed E-state index contributed by atoms with van der Waals surface area (Å²) in [5, 5.41) is 2.94. The van der Waals surface area contributed by atoms with Crippen LogP contribution in [0.2, 0.25) is 0 Å². The molecule has 1 aliphatic heterocycles. The Bertz CT molecular complexity index is 474. The van der Waals surface area contributed by atoms with E-state index in [0.29, 0.717) is 12.5 Å². The Morgan fingerprint density at radius 3 is 2.76 bits per heavy atom. The van der Waals surface area contributed by atoms with Crippen molar-refractivity contribution in [1.29, 1.82) is 0 Å². The predicted molar refractivity (Wildman–Crippen MR) is 86.4 cm³/mol. The van der Waals surface area contributed by atoms with Gasteiger partial charge in [-0.15, -0.1) is 0 Å². The van der Waals surface area contributed by atoms with Crippen molar-refractivity contribution in [3.8, 4) is 0 Å². The molecule has 1 atom stereocenters. The molecule has 0 aromatic heterocycles. The summed E-state index contributed by atoms with van der Waals surface area (Å²) in [5.41, 5.74) is 2.17. The molecule has 1 fully saturated rings. The minimum atomic E-state index is -0.0442. The van der Waals surface area contributed by atoms with Crippen LogP contribution in [-0.4, -0.2) is 39.8 Å². The summed E-state index contributed by atoms with van der Waals surface area (Å²) in [6, 6.07) is 8.09. The van der Waals surface area contributed by atoms with E-state index in [9.17, 15) is 4.79 Å². The highest BCUT2D eigenvalue weighted by Gasteiger charge is 2.13. The zero-order valence-electron chi connectivity index (χ0n) is 12.8. The molecule has 0 saturated carbocycles. The lowest BCUT2D eigenvalue weighted by Gasteiger charge is -2.21. The molecule has 1 N–H and O–H groups in total. The molecule has 0 aliphatic carbocycles. The van der Waals surface area contributed by atoms with Gasteiger partial charge in [-0.25, -0.2) is 0 Å². The molecule has 4 heteroatoms. The van der Waals surface area contributed by atoms with Crippen molar-refractivity contribution in [3.63, 3.8) is 0 Å². The van der Waals surface area contributed by atoms with Gasteiger partial charge < -0.3 is 15.0 Å². The van der Waals surface area contributed by atoms with E-state index in [1.165, 1.54) is 0 Å². The fourth-order valence-electron chi connectivity index (χ4n) is 2.33. The molecule has 2 rings (SSSR count). The standard InChI is InChI=1S/C17H24N2O2/c1-19(2)16-8-5-14(6-9-16)7-10-17(20)18-12-15-4-3-11-21-13-15/h5-10,15H,3-4,11-13H2,1-2H3,(H,18,20). The van der Waals surface area contributed by atoms with E-state index in [1.54, 1.807) is 6.08 Å².